The van der Waals surface area contributed by atoms with E-state index in [1.54, 1.807) is 0 Å². The van der Waals surface area contributed by atoms with E-state index in [9.17, 15) is 4.79 Å². The Morgan fingerprint density at radius 1 is 1.26 bits per heavy atom. The van der Waals surface area contributed by atoms with Crippen molar-refractivity contribution in [2.45, 2.75) is 45.1 Å². The third-order valence-corrected chi connectivity index (χ3v) is 4.72. The van der Waals surface area contributed by atoms with Gasteiger partial charge in [0.2, 0.25) is 17.6 Å². The highest BCUT2D eigenvalue weighted by molar-refractivity contribution is 5.81. The van der Waals surface area contributed by atoms with Gasteiger partial charge in [0.05, 0.1) is 0 Å². The average Bonchev–Trinajstić information content (AvgIpc) is 3.31. The molecule has 0 radical (unpaired) electrons. The van der Waals surface area contributed by atoms with Crippen molar-refractivity contribution in [2.24, 2.45) is 5.92 Å². The fourth-order valence-corrected chi connectivity index (χ4v) is 3.29. The van der Waals surface area contributed by atoms with E-state index in [4.69, 9.17) is 4.52 Å². The van der Waals surface area contributed by atoms with Gasteiger partial charge in [-0.15, -0.1) is 0 Å². The zero-order valence-electron chi connectivity index (χ0n) is 13.4. The van der Waals surface area contributed by atoms with E-state index in [0.29, 0.717) is 11.7 Å². The fraction of sp³-hybridized carbons (Fsp3) is 0.500. The number of aryl methyl sites for hydroxylation is 1. The van der Waals surface area contributed by atoms with Crippen LogP contribution in [0.25, 0.3) is 11.4 Å². The summed E-state index contributed by atoms with van der Waals surface area (Å²) in [6, 6.07) is 8.01. The van der Waals surface area contributed by atoms with Gasteiger partial charge < -0.3 is 9.42 Å². The topological polar surface area (TPSA) is 59.2 Å². The molecule has 0 spiro atoms. The molecular weight excluding hydrogens is 290 g/mol. The molecular formula is C18H21N3O2. The molecule has 2 fully saturated rings. The van der Waals surface area contributed by atoms with Crippen LogP contribution in [0.2, 0.25) is 0 Å². The van der Waals surface area contributed by atoms with Crippen LogP contribution in [0.1, 0.15) is 49.6 Å². The Morgan fingerprint density at radius 2 is 2.13 bits per heavy atom. The van der Waals surface area contributed by atoms with E-state index >= 15 is 0 Å². The van der Waals surface area contributed by atoms with Crippen molar-refractivity contribution < 1.29 is 9.32 Å². The van der Waals surface area contributed by atoms with E-state index < -0.39 is 0 Å². The number of rotatable bonds is 3. The van der Waals surface area contributed by atoms with Crippen molar-refractivity contribution in [2.75, 3.05) is 6.54 Å². The van der Waals surface area contributed by atoms with Crippen LogP contribution in [0.3, 0.4) is 0 Å². The first kappa shape index (κ1) is 14.4. The Morgan fingerprint density at radius 3 is 2.91 bits per heavy atom. The number of amides is 1. The second kappa shape index (κ2) is 5.80. The summed E-state index contributed by atoms with van der Waals surface area (Å²) in [7, 11) is 0. The highest BCUT2D eigenvalue weighted by atomic mass is 16.5. The lowest BCUT2D eigenvalue weighted by atomic mass is 10.0. The van der Waals surface area contributed by atoms with Crippen molar-refractivity contribution >= 4 is 5.91 Å². The summed E-state index contributed by atoms with van der Waals surface area (Å²) in [6.07, 6.45) is 5.13. The van der Waals surface area contributed by atoms with Crippen molar-refractivity contribution in [3.63, 3.8) is 0 Å². The van der Waals surface area contributed by atoms with Gasteiger partial charge in [-0.25, -0.2) is 0 Å². The molecule has 0 unspecified atom stereocenters. The molecule has 0 bridgehead atoms. The second-order valence-electron chi connectivity index (χ2n) is 6.64. The quantitative estimate of drug-likeness (QED) is 0.870. The summed E-state index contributed by atoms with van der Waals surface area (Å²) in [5.74, 6) is 1.68. The molecule has 23 heavy (non-hydrogen) atoms. The molecule has 2 aromatic rings. The van der Waals surface area contributed by atoms with Crippen molar-refractivity contribution in [3.8, 4) is 11.4 Å². The van der Waals surface area contributed by atoms with Gasteiger partial charge in [0.25, 0.3) is 0 Å². The summed E-state index contributed by atoms with van der Waals surface area (Å²) in [5.41, 5.74) is 2.12. The van der Waals surface area contributed by atoms with Crippen LogP contribution >= 0.6 is 0 Å². The fourth-order valence-electron chi connectivity index (χ4n) is 3.29. The van der Waals surface area contributed by atoms with Crippen LogP contribution in [0.4, 0.5) is 0 Å². The molecule has 2 aliphatic rings. The molecule has 1 amide bonds. The van der Waals surface area contributed by atoms with Gasteiger partial charge in [-0.1, -0.05) is 28.9 Å². The maximum absolute atomic E-state index is 12.5. The second-order valence-corrected chi connectivity index (χ2v) is 6.64. The number of likely N-dealkylation sites (tertiary alicyclic amines) is 1. The van der Waals surface area contributed by atoms with Crippen molar-refractivity contribution in [3.05, 3.63) is 35.7 Å². The number of hydrogen-bond donors (Lipinski definition) is 0. The normalized spacial score (nSPS) is 21.4. The zero-order chi connectivity index (χ0) is 15.8. The van der Waals surface area contributed by atoms with Crippen molar-refractivity contribution in [1.82, 2.24) is 15.0 Å². The minimum absolute atomic E-state index is 0.0529. The molecule has 1 atom stereocenters. The van der Waals surface area contributed by atoms with E-state index in [0.717, 1.165) is 49.8 Å². The Bertz CT molecular complexity index is 721. The minimum atomic E-state index is -0.0529. The standard InChI is InChI=1S/C18H21N3O2/c1-12-5-4-6-14(11-12)16-19-17(23-20-16)15-7-2-3-10-21(15)18(22)13-8-9-13/h4-6,11,13,15H,2-3,7-10H2,1H3/t15-/m1/s1. The molecule has 1 saturated heterocycles. The summed E-state index contributed by atoms with van der Waals surface area (Å²) in [6.45, 7) is 2.85. The maximum atomic E-state index is 12.5. The molecule has 1 aromatic carbocycles. The highest BCUT2D eigenvalue weighted by Crippen LogP contribution is 2.37. The third-order valence-electron chi connectivity index (χ3n) is 4.72. The van der Waals surface area contributed by atoms with Gasteiger partial charge in [0.1, 0.15) is 6.04 Å². The molecule has 120 valence electrons. The van der Waals surface area contributed by atoms with Gasteiger partial charge in [0, 0.05) is 18.0 Å². The SMILES string of the molecule is Cc1cccc(-c2noc([C@H]3CCCCN3C(=O)C3CC3)n2)c1. The summed E-state index contributed by atoms with van der Waals surface area (Å²) in [4.78, 5) is 19.1. The van der Waals surface area contributed by atoms with Crippen LogP contribution < -0.4 is 0 Å². The van der Waals surface area contributed by atoms with Crippen LogP contribution in [-0.4, -0.2) is 27.5 Å². The Kier molecular flexibility index (Phi) is 3.63. The maximum Gasteiger partial charge on any atom is 0.249 e. The number of aromatic nitrogens is 2. The lowest BCUT2D eigenvalue weighted by Crippen LogP contribution is -2.39. The molecule has 1 saturated carbocycles. The predicted octanol–water partition coefficient (Wildman–Crippen LogP) is 3.51. The molecule has 5 heteroatoms. The summed E-state index contributed by atoms with van der Waals surface area (Å²) >= 11 is 0. The van der Waals surface area contributed by atoms with E-state index in [1.165, 1.54) is 0 Å². The smallest absolute Gasteiger partial charge is 0.249 e. The monoisotopic (exact) mass is 311 g/mol. The molecule has 1 aliphatic heterocycles. The lowest BCUT2D eigenvalue weighted by Gasteiger charge is -2.33. The lowest BCUT2D eigenvalue weighted by molar-refractivity contribution is -0.137. The van der Waals surface area contributed by atoms with Gasteiger partial charge in [-0.3, -0.25) is 4.79 Å². The number of nitrogens with zero attached hydrogens (tertiary/aromatic N) is 3. The molecule has 5 nitrogen and oxygen atoms in total. The van der Waals surface area contributed by atoms with E-state index in [-0.39, 0.29) is 17.9 Å². The van der Waals surface area contributed by atoms with Crippen LogP contribution in [0.15, 0.2) is 28.8 Å². The highest BCUT2D eigenvalue weighted by Gasteiger charge is 2.39. The summed E-state index contributed by atoms with van der Waals surface area (Å²) < 4.78 is 5.52. The van der Waals surface area contributed by atoms with Crippen molar-refractivity contribution in [1.29, 1.82) is 0 Å². The number of benzene rings is 1. The number of hydrogen-bond acceptors (Lipinski definition) is 4. The largest absolute Gasteiger partial charge is 0.337 e. The van der Waals surface area contributed by atoms with Crippen LogP contribution in [0, 0.1) is 12.8 Å². The molecule has 0 N–H and O–H groups in total. The number of carbonyl (C=O) groups excluding carboxylic acids is 1. The Balaban J connectivity index is 1.60. The molecule has 2 heterocycles. The van der Waals surface area contributed by atoms with Gasteiger partial charge in [-0.05, 0) is 45.1 Å². The predicted molar refractivity (Wildman–Crippen MR) is 85.5 cm³/mol. The molecule has 1 aliphatic carbocycles. The zero-order valence-corrected chi connectivity index (χ0v) is 13.4. The molecule has 1 aromatic heterocycles. The van der Waals surface area contributed by atoms with E-state index in [2.05, 4.69) is 10.1 Å². The first-order valence-corrected chi connectivity index (χ1v) is 8.43. The van der Waals surface area contributed by atoms with Crippen LogP contribution in [0.5, 0.6) is 0 Å². The van der Waals surface area contributed by atoms with Gasteiger partial charge in [0.15, 0.2) is 0 Å². The van der Waals surface area contributed by atoms with Crippen LogP contribution in [-0.2, 0) is 4.79 Å². The van der Waals surface area contributed by atoms with Gasteiger partial charge >= 0.3 is 0 Å². The Hall–Kier alpha value is -2.17. The third kappa shape index (κ3) is 2.87. The Labute approximate surface area is 135 Å². The first-order chi connectivity index (χ1) is 11.2. The molecule has 4 rings (SSSR count). The van der Waals surface area contributed by atoms with Gasteiger partial charge in [-0.2, -0.15) is 4.98 Å². The number of carbonyl (C=O) groups is 1. The minimum Gasteiger partial charge on any atom is -0.337 e. The first-order valence-electron chi connectivity index (χ1n) is 8.43. The summed E-state index contributed by atoms with van der Waals surface area (Å²) in [5, 5.41) is 4.13. The average molecular weight is 311 g/mol. The van der Waals surface area contributed by atoms with E-state index in [1.807, 2.05) is 36.1 Å². The number of piperidine rings is 1.